The van der Waals surface area contributed by atoms with Crippen LogP contribution in [-0.4, -0.2) is 36.1 Å². The van der Waals surface area contributed by atoms with Gasteiger partial charge in [0, 0.05) is 32.1 Å². The number of nitrogens with two attached hydrogens (primary N) is 1. The lowest BCUT2D eigenvalue weighted by molar-refractivity contribution is -0.136. The van der Waals surface area contributed by atoms with Crippen molar-refractivity contribution in [2.24, 2.45) is 5.73 Å². The fraction of sp³-hybridized carbons (Fsp3) is 0.417. The molecule has 17 heavy (non-hydrogen) atoms. The van der Waals surface area contributed by atoms with Gasteiger partial charge in [-0.15, -0.1) is 0 Å². The van der Waals surface area contributed by atoms with Gasteiger partial charge in [-0.2, -0.15) is 0 Å². The zero-order chi connectivity index (χ0) is 12.4. The summed E-state index contributed by atoms with van der Waals surface area (Å²) in [6.45, 7) is 0.875. The monoisotopic (exact) mass is 237 g/mol. The van der Waals surface area contributed by atoms with Crippen molar-refractivity contribution in [1.29, 1.82) is 0 Å². The summed E-state index contributed by atoms with van der Waals surface area (Å²) in [6.07, 6.45) is 0.303. The Kier molecular flexibility index (Phi) is 3.40. The first-order chi connectivity index (χ1) is 8.15. The molecule has 1 heterocycles. The molecule has 2 N–H and O–H groups in total. The Hall–Kier alpha value is -1.46. The molecule has 1 aliphatic heterocycles. The van der Waals surface area contributed by atoms with E-state index in [1.807, 2.05) is 0 Å². The Morgan fingerprint density at radius 3 is 2.82 bits per heavy atom. The van der Waals surface area contributed by atoms with Gasteiger partial charge in [-0.1, -0.05) is 18.2 Å². The maximum absolute atomic E-state index is 13.7. The van der Waals surface area contributed by atoms with E-state index in [4.69, 9.17) is 5.73 Å². The second-order valence-corrected chi connectivity index (χ2v) is 4.12. The van der Waals surface area contributed by atoms with E-state index >= 15 is 0 Å². The first kappa shape index (κ1) is 12.0. The van der Waals surface area contributed by atoms with Gasteiger partial charge in [0.1, 0.15) is 5.82 Å². The molecule has 1 aliphatic rings. The average molecular weight is 237 g/mol. The number of nitrogens with zero attached hydrogens (tertiary/aromatic N) is 2. The number of carbonyl (C=O) groups is 1. The summed E-state index contributed by atoms with van der Waals surface area (Å²) in [6, 6.07) is 6.33. The number of halogens is 1. The van der Waals surface area contributed by atoms with E-state index in [2.05, 4.69) is 0 Å². The van der Waals surface area contributed by atoms with Crippen LogP contribution in [0.1, 0.15) is 18.0 Å². The van der Waals surface area contributed by atoms with Crippen molar-refractivity contribution in [2.75, 3.05) is 20.1 Å². The summed E-state index contributed by atoms with van der Waals surface area (Å²) in [4.78, 5) is 11.8. The van der Waals surface area contributed by atoms with Crippen LogP contribution in [0.15, 0.2) is 24.3 Å². The summed E-state index contributed by atoms with van der Waals surface area (Å²) >= 11 is 0. The van der Waals surface area contributed by atoms with Gasteiger partial charge in [0.2, 0.25) is 5.91 Å². The van der Waals surface area contributed by atoms with Crippen LogP contribution in [0.4, 0.5) is 4.39 Å². The highest BCUT2D eigenvalue weighted by molar-refractivity contribution is 5.78. The number of hydrazine groups is 1. The van der Waals surface area contributed by atoms with E-state index in [0.29, 0.717) is 25.1 Å². The highest BCUT2D eigenvalue weighted by atomic mass is 19.1. The third kappa shape index (κ3) is 2.16. The molecule has 0 radical (unpaired) electrons. The molecular formula is C12H16FN3O. The molecule has 4 nitrogen and oxygen atoms in total. The standard InChI is InChI=1S/C12H16FN3O/c1-15-11(8-12(17)16(15)7-6-14)9-4-2-3-5-10(9)13/h2-5,11H,6-8,14H2,1H3. The Labute approximate surface area is 99.8 Å². The zero-order valence-corrected chi connectivity index (χ0v) is 9.77. The van der Waals surface area contributed by atoms with Crippen molar-refractivity contribution in [3.05, 3.63) is 35.6 Å². The Bertz CT molecular complexity index is 424. The molecule has 1 atom stereocenters. The molecule has 0 aliphatic carbocycles. The van der Waals surface area contributed by atoms with Crippen LogP contribution in [0.5, 0.6) is 0 Å². The minimum atomic E-state index is -0.272. The molecule has 2 rings (SSSR count). The van der Waals surface area contributed by atoms with Crippen LogP contribution in [0, 0.1) is 5.82 Å². The van der Waals surface area contributed by atoms with E-state index in [-0.39, 0.29) is 17.8 Å². The van der Waals surface area contributed by atoms with Crippen LogP contribution in [0.25, 0.3) is 0 Å². The highest BCUT2D eigenvalue weighted by Gasteiger charge is 2.36. The predicted molar refractivity (Wildman–Crippen MR) is 62.3 cm³/mol. The van der Waals surface area contributed by atoms with E-state index in [1.165, 1.54) is 6.07 Å². The molecule has 1 fully saturated rings. The molecule has 0 aromatic heterocycles. The molecule has 1 aromatic rings. The smallest absolute Gasteiger partial charge is 0.238 e. The second kappa shape index (κ2) is 4.81. The van der Waals surface area contributed by atoms with Crippen LogP contribution in [0.3, 0.4) is 0 Å². The largest absolute Gasteiger partial charge is 0.329 e. The average Bonchev–Trinajstić information content (AvgIpc) is 2.58. The Balaban J connectivity index is 2.25. The minimum Gasteiger partial charge on any atom is -0.329 e. The number of benzene rings is 1. The lowest BCUT2D eigenvalue weighted by atomic mass is 10.0. The van der Waals surface area contributed by atoms with Crippen molar-refractivity contribution in [1.82, 2.24) is 10.0 Å². The number of rotatable bonds is 3. The van der Waals surface area contributed by atoms with E-state index in [9.17, 15) is 9.18 Å². The molecule has 1 unspecified atom stereocenters. The van der Waals surface area contributed by atoms with Crippen molar-refractivity contribution in [3.63, 3.8) is 0 Å². The van der Waals surface area contributed by atoms with Gasteiger partial charge in [0.25, 0.3) is 0 Å². The molecule has 0 saturated carbocycles. The van der Waals surface area contributed by atoms with Gasteiger partial charge in [-0.25, -0.2) is 9.40 Å². The molecule has 5 heteroatoms. The van der Waals surface area contributed by atoms with Gasteiger partial charge in [-0.3, -0.25) is 9.80 Å². The fourth-order valence-corrected chi connectivity index (χ4v) is 2.21. The van der Waals surface area contributed by atoms with Gasteiger partial charge in [-0.05, 0) is 6.07 Å². The Morgan fingerprint density at radius 1 is 1.47 bits per heavy atom. The molecule has 1 amide bonds. The first-order valence-corrected chi connectivity index (χ1v) is 5.62. The van der Waals surface area contributed by atoms with E-state index in [0.717, 1.165) is 0 Å². The lowest BCUT2D eigenvalue weighted by Gasteiger charge is -2.28. The summed E-state index contributed by atoms with van der Waals surface area (Å²) in [7, 11) is 1.79. The topological polar surface area (TPSA) is 49.6 Å². The quantitative estimate of drug-likeness (QED) is 0.850. The van der Waals surface area contributed by atoms with Crippen LogP contribution in [-0.2, 0) is 4.79 Å². The summed E-state index contributed by atoms with van der Waals surface area (Å²) in [5, 5.41) is 3.35. The van der Waals surface area contributed by atoms with Crippen LogP contribution >= 0.6 is 0 Å². The van der Waals surface area contributed by atoms with Gasteiger partial charge < -0.3 is 5.73 Å². The number of amides is 1. The van der Waals surface area contributed by atoms with Crippen molar-refractivity contribution >= 4 is 5.91 Å². The molecular weight excluding hydrogens is 221 g/mol. The fourth-order valence-electron chi connectivity index (χ4n) is 2.21. The predicted octanol–water partition coefficient (Wildman–Crippen LogP) is 0.905. The highest BCUT2D eigenvalue weighted by Crippen LogP contribution is 2.32. The Morgan fingerprint density at radius 2 is 2.18 bits per heavy atom. The summed E-state index contributed by atoms with van der Waals surface area (Å²) in [5.41, 5.74) is 6.01. The molecule has 0 bridgehead atoms. The number of carbonyl (C=O) groups excluding carboxylic acids is 1. The van der Waals surface area contributed by atoms with Crippen molar-refractivity contribution < 1.29 is 9.18 Å². The zero-order valence-electron chi connectivity index (χ0n) is 9.77. The molecule has 1 saturated heterocycles. The van der Waals surface area contributed by atoms with Crippen LogP contribution < -0.4 is 5.73 Å². The molecule has 1 aromatic carbocycles. The lowest BCUT2D eigenvalue weighted by Crippen LogP contribution is -2.40. The van der Waals surface area contributed by atoms with Gasteiger partial charge in [0.15, 0.2) is 0 Å². The van der Waals surface area contributed by atoms with Crippen molar-refractivity contribution in [3.8, 4) is 0 Å². The first-order valence-electron chi connectivity index (χ1n) is 5.62. The maximum atomic E-state index is 13.7. The number of hydrogen-bond acceptors (Lipinski definition) is 3. The summed E-state index contributed by atoms with van der Waals surface area (Å²) in [5.74, 6) is -0.280. The maximum Gasteiger partial charge on any atom is 0.238 e. The minimum absolute atomic E-state index is 0.00815. The van der Waals surface area contributed by atoms with Crippen LogP contribution in [0.2, 0.25) is 0 Å². The second-order valence-electron chi connectivity index (χ2n) is 4.12. The normalized spacial score (nSPS) is 21.2. The van der Waals surface area contributed by atoms with Gasteiger partial charge in [0.05, 0.1) is 6.04 Å². The third-order valence-electron chi connectivity index (χ3n) is 3.09. The van der Waals surface area contributed by atoms with Gasteiger partial charge >= 0.3 is 0 Å². The van der Waals surface area contributed by atoms with E-state index in [1.54, 1.807) is 35.3 Å². The molecule has 92 valence electrons. The SMILES string of the molecule is CN1C(c2ccccc2F)CC(=O)N1CCN. The van der Waals surface area contributed by atoms with Crippen molar-refractivity contribution in [2.45, 2.75) is 12.5 Å². The molecule has 0 spiro atoms. The van der Waals surface area contributed by atoms with E-state index < -0.39 is 0 Å². The summed E-state index contributed by atoms with van der Waals surface area (Å²) < 4.78 is 13.7. The third-order valence-corrected chi connectivity index (χ3v) is 3.09. The number of hydrogen-bond donors (Lipinski definition) is 1.